The van der Waals surface area contributed by atoms with Crippen LogP contribution >= 0.6 is 0 Å². The van der Waals surface area contributed by atoms with Crippen LogP contribution in [0.4, 0.5) is 13.2 Å². The van der Waals surface area contributed by atoms with Crippen molar-refractivity contribution in [3.63, 3.8) is 0 Å². The second kappa shape index (κ2) is 3.27. The van der Waals surface area contributed by atoms with Gasteiger partial charge in [-0.1, -0.05) is 6.07 Å². The van der Waals surface area contributed by atoms with Gasteiger partial charge in [0.05, 0.1) is 0 Å². The Morgan fingerprint density at radius 1 is 1.45 bits per heavy atom. The fraction of sp³-hybridized carbons (Fsp3) is 0.143. The summed E-state index contributed by atoms with van der Waals surface area (Å²) < 4.78 is 39.3. The van der Waals surface area contributed by atoms with E-state index in [1.165, 1.54) is 6.07 Å². The molecule has 0 atom stereocenters. The number of benzene rings is 1. The largest absolute Gasteiger partial charge is 0.432 e. The van der Waals surface area contributed by atoms with Crippen LogP contribution in [0.5, 0.6) is 5.75 Å². The molecule has 1 rings (SSSR count). The average molecular weight is 161 g/mol. The molecule has 0 amide bonds. The lowest BCUT2D eigenvalue weighted by Crippen LogP contribution is -2.03. The fourth-order valence-corrected chi connectivity index (χ4v) is 0.587. The Hall–Kier alpha value is -1.19. The molecule has 11 heavy (non-hydrogen) atoms. The lowest BCUT2D eigenvalue weighted by molar-refractivity contribution is -0.0521. The monoisotopic (exact) mass is 161 g/mol. The summed E-state index contributed by atoms with van der Waals surface area (Å²) in [5.41, 5.74) is 0. The van der Waals surface area contributed by atoms with Crippen molar-refractivity contribution in [3.05, 3.63) is 30.1 Å². The highest BCUT2D eigenvalue weighted by Gasteiger charge is 2.07. The Morgan fingerprint density at radius 3 is 2.73 bits per heavy atom. The Bertz CT molecular complexity index is 237. The highest BCUT2D eigenvalue weighted by molar-refractivity contribution is 5.22. The second-order valence-electron chi connectivity index (χ2n) is 1.74. The van der Waals surface area contributed by atoms with E-state index in [0.29, 0.717) is 0 Å². The fourth-order valence-electron chi connectivity index (χ4n) is 0.587. The molecule has 0 aliphatic heterocycles. The van der Waals surface area contributed by atoms with Gasteiger partial charge in [0, 0.05) is 0 Å². The molecule has 59 valence electrons. The Balaban J connectivity index is 2.78. The average Bonchev–Trinajstić information content (AvgIpc) is 1.93. The predicted molar refractivity (Wildman–Crippen MR) is 31.9 cm³/mol. The maximum Gasteiger partial charge on any atom is 0.387 e. The third kappa shape index (κ3) is 2.14. The SMILES string of the molecule is Fc1c[c]ccc1OC(F)F. The van der Waals surface area contributed by atoms with E-state index < -0.39 is 18.2 Å². The van der Waals surface area contributed by atoms with E-state index in [4.69, 9.17) is 0 Å². The van der Waals surface area contributed by atoms with Crippen LogP contribution in [0, 0.1) is 11.9 Å². The number of hydrogen-bond acceptors (Lipinski definition) is 1. The zero-order valence-corrected chi connectivity index (χ0v) is 5.35. The molecule has 0 N–H and O–H groups in total. The Morgan fingerprint density at radius 2 is 2.18 bits per heavy atom. The van der Waals surface area contributed by atoms with Gasteiger partial charge >= 0.3 is 6.61 Å². The molecule has 1 radical (unpaired) electrons. The molecule has 0 aliphatic rings. The molecule has 0 saturated heterocycles. The molecule has 0 spiro atoms. The molecular weight excluding hydrogens is 157 g/mol. The Labute approximate surface area is 61.4 Å². The van der Waals surface area contributed by atoms with Crippen LogP contribution in [-0.2, 0) is 0 Å². The van der Waals surface area contributed by atoms with Crippen molar-refractivity contribution in [1.29, 1.82) is 0 Å². The van der Waals surface area contributed by atoms with Gasteiger partial charge in [-0.25, -0.2) is 4.39 Å². The third-order valence-corrected chi connectivity index (χ3v) is 0.992. The van der Waals surface area contributed by atoms with Gasteiger partial charge in [-0.3, -0.25) is 0 Å². The van der Waals surface area contributed by atoms with Crippen LogP contribution in [0.15, 0.2) is 18.2 Å². The quantitative estimate of drug-likeness (QED) is 0.646. The molecule has 4 heteroatoms. The molecule has 0 fully saturated rings. The van der Waals surface area contributed by atoms with Gasteiger partial charge < -0.3 is 4.74 Å². The summed E-state index contributed by atoms with van der Waals surface area (Å²) in [4.78, 5) is 0. The minimum atomic E-state index is -2.99. The van der Waals surface area contributed by atoms with E-state index in [0.717, 1.165) is 12.1 Å². The molecule has 1 nitrogen and oxygen atoms in total. The maximum atomic E-state index is 12.5. The molecule has 0 aliphatic carbocycles. The number of alkyl halides is 2. The lowest BCUT2D eigenvalue weighted by atomic mass is 10.3. The highest BCUT2D eigenvalue weighted by Crippen LogP contribution is 2.17. The first-order valence-corrected chi connectivity index (χ1v) is 2.80. The summed E-state index contributed by atoms with van der Waals surface area (Å²) in [6.45, 7) is -2.99. The normalized spacial score (nSPS) is 10.2. The van der Waals surface area contributed by atoms with Crippen LogP contribution < -0.4 is 4.74 Å². The Kier molecular flexibility index (Phi) is 2.36. The molecule has 0 saturated carbocycles. The zero-order valence-electron chi connectivity index (χ0n) is 5.35. The van der Waals surface area contributed by atoms with Crippen LogP contribution in [0.2, 0.25) is 0 Å². The van der Waals surface area contributed by atoms with Crippen molar-refractivity contribution in [2.75, 3.05) is 0 Å². The van der Waals surface area contributed by atoms with Gasteiger partial charge in [0.1, 0.15) is 0 Å². The zero-order chi connectivity index (χ0) is 8.27. The van der Waals surface area contributed by atoms with Gasteiger partial charge in [0.25, 0.3) is 0 Å². The van der Waals surface area contributed by atoms with Gasteiger partial charge in [0.15, 0.2) is 11.6 Å². The van der Waals surface area contributed by atoms with Gasteiger partial charge in [-0.05, 0) is 18.2 Å². The smallest absolute Gasteiger partial charge is 0.387 e. The van der Waals surface area contributed by atoms with Crippen molar-refractivity contribution >= 4 is 0 Å². The van der Waals surface area contributed by atoms with E-state index >= 15 is 0 Å². The van der Waals surface area contributed by atoms with Gasteiger partial charge in [0.2, 0.25) is 0 Å². The van der Waals surface area contributed by atoms with E-state index in [2.05, 4.69) is 10.8 Å². The van der Waals surface area contributed by atoms with Crippen LogP contribution in [0.3, 0.4) is 0 Å². The van der Waals surface area contributed by atoms with Crippen molar-refractivity contribution in [1.82, 2.24) is 0 Å². The summed E-state index contributed by atoms with van der Waals surface area (Å²) in [5, 5.41) is 0. The maximum absolute atomic E-state index is 12.5. The first-order valence-electron chi connectivity index (χ1n) is 2.80. The summed E-state index contributed by atoms with van der Waals surface area (Å²) in [6.07, 6.45) is 0. The molecule has 1 aromatic carbocycles. The van der Waals surface area contributed by atoms with Crippen molar-refractivity contribution in [2.24, 2.45) is 0 Å². The molecule has 0 heterocycles. The molecule has 0 bridgehead atoms. The molecule has 0 unspecified atom stereocenters. The van der Waals surface area contributed by atoms with Crippen molar-refractivity contribution < 1.29 is 17.9 Å². The predicted octanol–water partition coefficient (Wildman–Crippen LogP) is 2.23. The van der Waals surface area contributed by atoms with Gasteiger partial charge in [-0.15, -0.1) is 0 Å². The molecule has 0 aromatic heterocycles. The number of ether oxygens (including phenoxy) is 1. The molecule has 1 aromatic rings. The summed E-state index contributed by atoms with van der Waals surface area (Å²) in [7, 11) is 0. The van der Waals surface area contributed by atoms with E-state index in [9.17, 15) is 13.2 Å². The van der Waals surface area contributed by atoms with Gasteiger partial charge in [-0.2, -0.15) is 8.78 Å². The van der Waals surface area contributed by atoms with E-state index in [1.54, 1.807) is 0 Å². The van der Waals surface area contributed by atoms with Crippen molar-refractivity contribution in [2.45, 2.75) is 6.61 Å². The summed E-state index contributed by atoms with van der Waals surface area (Å²) >= 11 is 0. The second-order valence-corrected chi connectivity index (χ2v) is 1.74. The third-order valence-electron chi connectivity index (χ3n) is 0.992. The number of halogens is 3. The summed E-state index contributed by atoms with van der Waals surface area (Å²) in [6, 6.07) is 5.68. The number of rotatable bonds is 2. The van der Waals surface area contributed by atoms with E-state index in [1.807, 2.05) is 0 Å². The first kappa shape index (κ1) is 7.91. The lowest BCUT2D eigenvalue weighted by Gasteiger charge is -2.03. The van der Waals surface area contributed by atoms with Crippen molar-refractivity contribution in [3.8, 4) is 5.75 Å². The number of hydrogen-bond donors (Lipinski definition) is 0. The minimum absolute atomic E-state index is 0.459. The minimum Gasteiger partial charge on any atom is -0.432 e. The highest BCUT2D eigenvalue weighted by atomic mass is 19.3. The standard InChI is InChI=1S/C7H4F3O/c8-5-3-1-2-4-6(5)11-7(9)10/h2-4,7H. The van der Waals surface area contributed by atoms with Crippen LogP contribution in [0.1, 0.15) is 0 Å². The van der Waals surface area contributed by atoms with Crippen LogP contribution in [-0.4, -0.2) is 6.61 Å². The van der Waals surface area contributed by atoms with Crippen LogP contribution in [0.25, 0.3) is 0 Å². The topological polar surface area (TPSA) is 9.23 Å². The molecular formula is C7H4F3O. The van der Waals surface area contributed by atoms with E-state index in [-0.39, 0.29) is 0 Å². The first-order chi connectivity index (χ1) is 5.20. The summed E-state index contributed by atoms with van der Waals surface area (Å²) in [5.74, 6) is -1.30.